The Morgan fingerprint density at radius 1 is 1.33 bits per heavy atom. The first-order chi connectivity index (χ1) is 10.1. The van der Waals surface area contributed by atoms with Crippen LogP contribution in [0.4, 0.5) is 4.39 Å². The van der Waals surface area contributed by atoms with E-state index in [9.17, 15) is 9.18 Å². The summed E-state index contributed by atoms with van der Waals surface area (Å²) < 4.78 is 18.9. The lowest BCUT2D eigenvalue weighted by Crippen LogP contribution is -2.30. The fourth-order valence-electron chi connectivity index (χ4n) is 1.73. The van der Waals surface area contributed by atoms with Crippen molar-refractivity contribution < 1.29 is 13.9 Å². The van der Waals surface area contributed by atoms with E-state index in [-0.39, 0.29) is 12.2 Å². The average Bonchev–Trinajstić information content (AvgIpc) is 2.52. The Balaban J connectivity index is 2.08. The van der Waals surface area contributed by atoms with Gasteiger partial charge in [-0.2, -0.15) is 5.26 Å². The second kappa shape index (κ2) is 6.50. The first-order valence-electron chi connectivity index (χ1n) is 6.06. The van der Waals surface area contributed by atoms with E-state index in [1.165, 1.54) is 12.1 Å². The van der Waals surface area contributed by atoms with Gasteiger partial charge >= 0.3 is 0 Å². The first-order valence-corrected chi connectivity index (χ1v) is 6.06. The minimum atomic E-state index is -0.633. The van der Waals surface area contributed by atoms with Gasteiger partial charge in [0.25, 0.3) is 5.91 Å². The number of hydrogen-bond donors (Lipinski definition) is 2. The Kier molecular flexibility index (Phi) is 4.49. The largest absolute Gasteiger partial charge is 0.489 e. The lowest BCUT2D eigenvalue weighted by Gasteiger charge is -2.08. The Morgan fingerprint density at radius 3 is 2.81 bits per heavy atom. The second-order valence-corrected chi connectivity index (χ2v) is 4.22. The van der Waals surface area contributed by atoms with Gasteiger partial charge in [-0.3, -0.25) is 10.2 Å². The van der Waals surface area contributed by atoms with E-state index in [2.05, 4.69) is 0 Å². The van der Waals surface area contributed by atoms with Crippen molar-refractivity contribution in [2.24, 2.45) is 5.84 Å². The summed E-state index contributed by atoms with van der Waals surface area (Å²) in [4.78, 5) is 11.4. The molecule has 0 bridgehead atoms. The highest BCUT2D eigenvalue weighted by Gasteiger charge is 2.06. The molecule has 0 heterocycles. The fourth-order valence-corrected chi connectivity index (χ4v) is 1.73. The molecule has 2 aromatic carbocycles. The standard InChI is InChI=1S/C15H12FN3O2/c16-14-7-13(5-4-12(14)8-17)21-9-10-2-1-3-11(6-10)15(20)19-18/h1-7H,9,18H2,(H,19,20). The van der Waals surface area contributed by atoms with Crippen LogP contribution in [-0.2, 0) is 6.61 Å². The summed E-state index contributed by atoms with van der Waals surface area (Å²) in [5.74, 6) is 4.34. The molecule has 21 heavy (non-hydrogen) atoms. The molecule has 0 unspecified atom stereocenters. The third kappa shape index (κ3) is 3.55. The van der Waals surface area contributed by atoms with Crippen molar-refractivity contribution in [3.05, 3.63) is 65.0 Å². The Hall–Kier alpha value is -2.91. The zero-order valence-corrected chi connectivity index (χ0v) is 11.0. The van der Waals surface area contributed by atoms with Crippen LogP contribution in [0.2, 0.25) is 0 Å². The Morgan fingerprint density at radius 2 is 2.14 bits per heavy atom. The number of hydrogen-bond acceptors (Lipinski definition) is 4. The Bertz CT molecular complexity index is 710. The van der Waals surface area contributed by atoms with Crippen molar-refractivity contribution in [2.75, 3.05) is 0 Å². The number of amides is 1. The van der Waals surface area contributed by atoms with Crippen LogP contribution in [-0.4, -0.2) is 5.91 Å². The van der Waals surface area contributed by atoms with Crippen LogP contribution in [0.3, 0.4) is 0 Å². The summed E-state index contributed by atoms with van der Waals surface area (Å²) in [5.41, 5.74) is 3.15. The molecule has 6 heteroatoms. The zero-order chi connectivity index (χ0) is 15.2. The topological polar surface area (TPSA) is 88.1 Å². The number of ether oxygens (including phenoxy) is 1. The van der Waals surface area contributed by atoms with Gasteiger partial charge in [-0.25, -0.2) is 10.2 Å². The van der Waals surface area contributed by atoms with E-state index < -0.39 is 11.7 Å². The summed E-state index contributed by atoms with van der Waals surface area (Å²) in [6.45, 7) is 0.164. The molecule has 106 valence electrons. The van der Waals surface area contributed by atoms with Crippen molar-refractivity contribution in [1.29, 1.82) is 5.26 Å². The van der Waals surface area contributed by atoms with Crippen LogP contribution >= 0.6 is 0 Å². The van der Waals surface area contributed by atoms with Crippen LogP contribution in [0, 0.1) is 17.1 Å². The minimum absolute atomic E-state index is 0.0380. The quantitative estimate of drug-likeness (QED) is 0.510. The lowest BCUT2D eigenvalue weighted by molar-refractivity contribution is 0.0953. The molecule has 0 aliphatic carbocycles. The van der Waals surface area contributed by atoms with Crippen LogP contribution in [0.5, 0.6) is 5.75 Å². The number of nitrogen functional groups attached to an aromatic ring is 1. The molecule has 0 saturated heterocycles. The van der Waals surface area contributed by atoms with Gasteiger partial charge in [0.15, 0.2) is 0 Å². The zero-order valence-electron chi connectivity index (χ0n) is 11.0. The maximum atomic E-state index is 13.4. The van der Waals surface area contributed by atoms with Gasteiger partial charge < -0.3 is 4.74 Å². The molecule has 0 atom stereocenters. The number of carbonyl (C=O) groups is 1. The van der Waals surface area contributed by atoms with Crippen LogP contribution in [0.1, 0.15) is 21.5 Å². The molecule has 2 rings (SSSR count). The number of benzene rings is 2. The summed E-state index contributed by atoms with van der Waals surface area (Å²) in [5, 5.41) is 8.64. The monoisotopic (exact) mass is 285 g/mol. The number of hydrazine groups is 1. The molecule has 0 saturated carbocycles. The van der Waals surface area contributed by atoms with E-state index in [4.69, 9.17) is 15.8 Å². The molecule has 3 N–H and O–H groups in total. The molecular weight excluding hydrogens is 273 g/mol. The molecule has 0 aliphatic heterocycles. The maximum absolute atomic E-state index is 13.4. The predicted molar refractivity (Wildman–Crippen MR) is 73.5 cm³/mol. The Labute approximate surface area is 120 Å². The van der Waals surface area contributed by atoms with Gasteiger partial charge in [-0.1, -0.05) is 12.1 Å². The van der Waals surface area contributed by atoms with Gasteiger partial charge in [0.05, 0.1) is 5.56 Å². The van der Waals surface area contributed by atoms with Crippen molar-refractivity contribution in [3.63, 3.8) is 0 Å². The van der Waals surface area contributed by atoms with E-state index >= 15 is 0 Å². The van der Waals surface area contributed by atoms with Crippen molar-refractivity contribution in [3.8, 4) is 11.8 Å². The third-order valence-corrected chi connectivity index (χ3v) is 2.79. The van der Waals surface area contributed by atoms with E-state index in [1.807, 2.05) is 5.43 Å². The van der Waals surface area contributed by atoms with E-state index in [0.29, 0.717) is 11.3 Å². The van der Waals surface area contributed by atoms with Crippen LogP contribution in [0.25, 0.3) is 0 Å². The third-order valence-electron chi connectivity index (χ3n) is 2.79. The van der Waals surface area contributed by atoms with Crippen LogP contribution in [0.15, 0.2) is 42.5 Å². The lowest BCUT2D eigenvalue weighted by atomic mass is 10.1. The maximum Gasteiger partial charge on any atom is 0.265 e. The summed E-state index contributed by atoms with van der Waals surface area (Å²) >= 11 is 0. The molecule has 0 aliphatic rings. The average molecular weight is 285 g/mol. The van der Waals surface area contributed by atoms with Crippen molar-refractivity contribution in [1.82, 2.24) is 5.43 Å². The molecule has 0 aromatic heterocycles. The van der Waals surface area contributed by atoms with Crippen molar-refractivity contribution in [2.45, 2.75) is 6.61 Å². The molecule has 2 aromatic rings. The number of nitrogens with one attached hydrogen (secondary N) is 1. The van der Waals surface area contributed by atoms with E-state index in [1.54, 1.807) is 30.3 Å². The van der Waals surface area contributed by atoms with Gasteiger partial charge in [-0.05, 0) is 29.8 Å². The van der Waals surface area contributed by atoms with Gasteiger partial charge in [0.1, 0.15) is 24.2 Å². The number of rotatable bonds is 4. The van der Waals surface area contributed by atoms with Crippen LogP contribution < -0.4 is 16.0 Å². The van der Waals surface area contributed by atoms with Crippen molar-refractivity contribution >= 4 is 5.91 Å². The molecular formula is C15H12FN3O2. The van der Waals surface area contributed by atoms with Gasteiger partial charge in [0.2, 0.25) is 0 Å². The normalized spacial score (nSPS) is 9.76. The minimum Gasteiger partial charge on any atom is -0.489 e. The number of nitrogens with two attached hydrogens (primary N) is 1. The molecule has 0 spiro atoms. The van der Waals surface area contributed by atoms with E-state index in [0.717, 1.165) is 11.6 Å². The second-order valence-electron chi connectivity index (χ2n) is 4.22. The smallest absolute Gasteiger partial charge is 0.265 e. The highest BCUT2D eigenvalue weighted by atomic mass is 19.1. The first kappa shape index (κ1) is 14.5. The predicted octanol–water partition coefficient (Wildman–Crippen LogP) is 1.88. The summed E-state index contributed by atoms with van der Waals surface area (Å²) in [6.07, 6.45) is 0. The summed E-state index contributed by atoms with van der Waals surface area (Å²) in [6, 6.07) is 12.5. The summed E-state index contributed by atoms with van der Waals surface area (Å²) in [7, 11) is 0. The molecule has 1 amide bonds. The fraction of sp³-hybridized carbons (Fsp3) is 0.0667. The molecule has 5 nitrogen and oxygen atoms in total. The number of nitriles is 1. The molecule has 0 fully saturated rings. The highest BCUT2D eigenvalue weighted by Crippen LogP contribution is 2.17. The number of carbonyl (C=O) groups excluding carboxylic acids is 1. The highest BCUT2D eigenvalue weighted by molar-refractivity contribution is 5.93. The molecule has 0 radical (unpaired) electrons. The van der Waals surface area contributed by atoms with Gasteiger partial charge in [0, 0.05) is 11.6 Å². The SMILES string of the molecule is N#Cc1ccc(OCc2cccc(C(=O)NN)c2)cc1F. The number of halogens is 1. The van der Waals surface area contributed by atoms with Gasteiger partial charge in [-0.15, -0.1) is 0 Å². The number of nitrogens with zero attached hydrogens (tertiary/aromatic N) is 1.